The molecule has 0 saturated carbocycles. The van der Waals surface area contributed by atoms with E-state index in [0.717, 1.165) is 51.5 Å². The van der Waals surface area contributed by atoms with Crippen LogP contribution in [0.3, 0.4) is 0 Å². The van der Waals surface area contributed by atoms with Gasteiger partial charge in [0.25, 0.3) is 0 Å². The van der Waals surface area contributed by atoms with E-state index in [2.05, 4.69) is 31.9 Å². The summed E-state index contributed by atoms with van der Waals surface area (Å²) in [7, 11) is 0. The molecule has 3 N–H and O–H groups in total. The topological polar surface area (TPSA) is 92.2 Å². The van der Waals surface area contributed by atoms with Crippen LogP contribution in [0.25, 0.3) is 27.8 Å². The Morgan fingerprint density at radius 3 is 3.14 bits per heavy atom. The van der Waals surface area contributed by atoms with E-state index in [1.165, 1.54) is 0 Å². The van der Waals surface area contributed by atoms with Crippen LogP contribution in [-0.2, 0) is 0 Å². The fourth-order valence-electron chi connectivity index (χ4n) is 3.61. The minimum Gasteiger partial charge on any atom is -0.490 e. The molecule has 0 amide bonds. The first kappa shape index (κ1) is 15.9. The van der Waals surface area contributed by atoms with E-state index in [4.69, 9.17) is 9.72 Å². The van der Waals surface area contributed by atoms with E-state index in [1.54, 1.807) is 12.4 Å². The number of anilines is 3. The molecule has 0 radical (unpaired) electrons. The average Bonchev–Trinajstić information content (AvgIpc) is 3.42. The lowest BCUT2D eigenvalue weighted by Gasteiger charge is -2.19. The zero-order valence-corrected chi connectivity index (χ0v) is 15.4. The van der Waals surface area contributed by atoms with Gasteiger partial charge in [0.05, 0.1) is 23.1 Å². The molecule has 0 unspecified atom stereocenters. The number of nitrogens with one attached hydrogen (secondary N) is 3. The second-order valence-corrected chi connectivity index (χ2v) is 6.92. The average molecular weight is 383 g/mol. The number of hydrogen-bond donors (Lipinski definition) is 3. The summed E-state index contributed by atoms with van der Waals surface area (Å²) in [5.41, 5.74) is 5.47. The number of fused-ring (bicyclic) bond motifs is 3. The van der Waals surface area contributed by atoms with Crippen molar-refractivity contribution in [3.63, 3.8) is 0 Å². The predicted molar refractivity (Wildman–Crippen MR) is 112 cm³/mol. The van der Waals surface area contributed by atoms with Gasteiger partial charge in [-0.05, 0) is 36.4 Å². The van der Waals surface area contributed by atoms with Crippen molar-refractivity contribution in [1.29, 1.82) is 0 Å². The Kier molecular flexibility index (Phi) is 3.43. The van der Waals surface area contributed by atoms with Crippen LogP contribution in [0, 0.1) is 0 Å². The maximum Gasteiger partial charge on any atom is 0.180 e. The van der Waals surface area contributed by atoms with E-state index >= 15 is 0 Å². The molecule has 0 spiro atoms. The van der Waals surface area contributed by atoms with Gasteiger partial charge in [0.1, 0.15) is 12.4 Å². The van der Waals surface area contributed by atoms with Crippen LogP contribution in [0.2, 0.25) is 0 Å². The molecule has 0 bridgehead atoms. The Balaban J connectivity index is 1.44. The van der Waals surface area contributed by atoms with Crippen molar-refractivity contribution in [2.75, 3.05) is 23.8 Å². The Morgan fingerprint density at radius 2 is 2.14 bits per heavy atom. The molecule has 4 heterocycles. The SMILES string of the molecule is c1cn2cc(-c3ccc4c(c3)NCCO4)nc(Nc3ccc4cn[nH]c4c3)c2n1. The van der Waals surface area contributed by atoms with Gasteiger partial charge in [-0.1, -0.05) is 0 Å². The fourth-order valence-corrected chi connectivity index (χ4v) is 3.61. The van der Waals surface area contributed by atoms with Crippen LogP contribution in [-0.4, -0.2) is 37.7 Å². The van der Waals surface area contributed by atoms with E-state index in [9.17, 15) is 0 Å². The molecule has 5 aromatic rings. The van der Waals surface area contributed by atoms with Gasteiger partial charge in [-0.3, -0.25) is 5.10 Å². The van der Waals surface area contributed by atoms with Gasteiger partial charge in [-0.15, -0.1) is 0 Å². The number of benzene rings is 2. The summed E-state index contributed by atoms with van der Waals surface area (Å²) in [4.78, 5) is 9.32. The molecule has 0 aliphatic carbocycles. The maximum atomic E-state index is 5.68. The van der Waals surface area contributed by atoms with Gasteiger partial charge in [-0.2, -0.15) is 5.10 Å². The van der Waals surface area contributed by atoms with E-state index < -0.39 is 0 Å². The van der Waals surface area contributed by atoms with Crippen molar-refractivity contribution in [3.05, 3.63) is 61.2 Å². The third-order valence-corrected chi connectivity index (χ3v) is 5.03. The van der Waals surface area contributed by atoms with Crippen LogP contribution in [0.15, 0.2) is 61.2 Å². The molecule has 8 nitrogen and oxygen atoms in total. The summed E-state index contributed by atoms with van der Waals surface area (Å²) in [6.45, 7) is 1.48. The minimum atomic E-state index is 0.681. The molecule has 8 heteroatoms. The highest BCUT2D eigenvalue weighted by Crippen LogP contribution is 2.33. The molecule has 6 rings (SSSR count). The lowest BCUT2D eigenvalue weighted by atomic mass is 10.1. The Morgan fingerprint density at radius 1 is 1.14 bits per heavy atom. The van der Waals surface area contributed by atoms with E-state index in [1.807, 2.05) is 47.1 Å². The molecule has 2 aromatic carbocycles. The Hall–Kier alpha value is -4.07. The molecule has 1 aliphatic heterocycles. The van der Waals surface area contributed by atoms with Gasteiger partial charge in [0.2, 0.25) is 0 Å². The van der Waals surface area contributed by atoms with Crippen molar-refractivity contribution in [2.24, 2.45) is 0 Å². The molecular formula is C21H17N7O. The molecule has 1 aliphatic rings. The van der Waals surface area contributed by atoms with Crippen LogP contribution in [0.4, 0.5) is 17.2 Å². The van der Waals surface area contributed by atoms with Gasteiger partial charge in [0.15, 0.2) is 11.5 Å². The first-order valence-electron chi connectivity index (χ1n) is 9.38. The monoisotopic (exact) mass is 383 g/mol. The summed E-state index contributed by atoms with van der Waals surface area (Å²) in [5, 5.41) is 14.9. The normalized spacial score (nSPS) is 13.1. The van der Waals surface area contributed by atoms with Gasteiger partial charge in [0, 0.05) is 41.8 Å². The second kappa shape index (κ2) is 6.23. The third kappa shape index (κ3) is 2.73. The van der Waals surface area contributed by atoms with Crippen LogP contribution in [0.5, 0.6) is 5.75 Å². The van der Waals surface area contributed by atoms with Crippen molar-refractivity contribution >= 4 is 33.7 Å². The summed E-state index contributed by atoms with van der Waals surface area (Å²) in [5.74, 6) is 1.56. The first-order valence-corrected chi connectivity index (χ1v) is 9.38. The highest BCUT2D eigenvalue weighted by atomic mass is 16.5. The first-order chi connectivity index (χ1) is 14.3. The van der Waals surface area contributed by atoms with E-state index in [-0.39, 0.29) is 0 Å². The number of aromatic nitrogens is 5. The fraction of sp³-hybridized carbons (Fsp3) is 0.0952. The molecule has 142 valence electrons. The summed E-state index contributed by atoms with van der Waals surface area (Å²) >= 11 is 0. The standard InChI is InChI=1S/C21H17N7O/c1-3-15(10-16-14(1)11-24-27-16)25-20-21-23-5-7-28(21)12-18(26-20)13-2-4-19-17(9-13)22-6-8-29-19/h1-5,7,9-12,22H,6,8H2,(H,24,27)(H,25,26). The Labute approximate surface area is 165 Å². The van der Waals surface area contributed by atoms with Crippen LogP contribution < -0.4 is 15.4 Å². The van der Waals surface area contributed by atoms with E-state index in [0.29, 0.717) is 12.4 Å². The molecule has 0 atom stereocenters. The molecular weight excluding hydrogens is 366 g/mol. The predicted octanol–water partition coefficient (Wildman–Crippen LogP) is 3.82. The Bertz CT molecular complexity index is 1350. The smallest absolute Gasteiger partial charge is 0.180 e. The summed E-state index contributed by atoms with van der Waals surface area (Å²) in [6.07, 6.45) is 7.48. The summed E-state index contributed by atoms with van der Waals surface area (Å²) in [6, 6.07) is 12.1. The largest absolute Gasteiger partial charge is 0.490 e. The van der Waals surface area contributed by atoms with Crippen molar-refractivity contribution in [3.8, 4) is 17.0 Å². The van der Waals surface area contributed by atoms with Crippen LogP contribution >= 0.6 is 0 Å². The van der Waals surface area contributed by atoms with Crippen molar-refractivity contribution in [1.82, 2.24) is 24.6 Å². The van der Waals surface area contributed by atoms with Crippen molar-refractivity contribution < 1.29 is 4.74 Å². The van der Waals surface area contributed by atoms with Gasteiger partial charge < -0.3 is 19.8 Å². The lowest BCUT2D eigenvalue weighted by molar-refractivity contribution is 0.323. The van der Waals surface area contributed by atoms with Crippen molar-refractivity contribution in [2.45, 2.75) is 0 Å². The third-order valence-electron chi connectivity index (χ3n) is 5.03. The molecule has 0 fully saturated rings. The number of imidazole rings is 1. The highest BCUT2D eigenvalue weighted by molar-refractivity contribution is 5.84. The summed E-state index contributed by atoms with van der Waals surface area (Å²) < 4.78 is 7.66. The minimum absolute atomic E-state index is 0.681. The van der Waals surface area contributed by atoms with Crippen LogP contribution in [0.1, 0.15) is 0 Å². The number of rotatable bonds is 3. The second-order valence-electron chi connectivity index (χ2n) is 6.92. The number of nitrogens with zero attached hydrogens (tertiary/aromatic N) is 4. The quantitative estimate of drug-likeness (QED) is 0.439. The number of aromatic amines is 1. The molecule has 3 aromatic heterocycles. The number of H-pyrrole nitrogens is 1. The maximum absolute atomic E-state index is 5.68. The lowest BCUT2D eigenvalue weighted by Crippen LogP contribution is -2.17. The molecule has 0 saturated heterocycles. The zero-order valence-electron chi connectivity index (χ0n) is 15.4. The number of ether oxygens (including phenoxy) is 1. The number of hydrogen-bond acceptors (Lipinski definition) is 6. The van der Waals surface area contributed by atoms with Gasteiger partial charge >= 0.3 is 0 Å². The van der Waals surface area contributed by atoms with Gasteiger partial charge in [-0.25, -0.2) is 9.97 Å². The highest BCUT2D eigenvalue weighted by Gasteiger charge is 2.14. The molecule has 29 heavy (non-hydrogen) atoms. The zero-order chi connectivity index (χ0) is 19.2.